The fourth-order valence-corrected chi connectivity index (χ4v) is 3.33. The molecule has 2 N–H and O–H groups in total. The summed E-state index contributed by atoms with van der Waals surface area (Å²) in [6, 6.07) is 0. The highest BCUT2D eigenvalue weighted by atomic mass is 15.3. The van der Waals surface area contributed by atoms with Gasteiger partial charge in [-0.3, -0.25) is 0 Å². The number of aromatic nitrogens is 3. The SMILES string of the molecule is CCC1CCCC(N)(Cc2ncnn2CC(C)C)CC1. The third kappa shape index (κ3) is 4.05. The van der Waals surface area contributed by atoms with Crippen LogP contribution in [0.15, 0.2) is 6.33 Å². The second-order valence-corrected chi connectivity index (χ2v) is 7.00. The lowest BCUT2D eigenvalue weighted by Crippen LogP contribution is -2.42. The van der Waals surface area contributed by atoms with Gasteiger partial charge in [0.05, 0.1) is 0 Å². The molecule has 1 aliphatic carbocycles. The molecule has 1 aromatic heterocycles. The van der Waals surface area contributed by atoms with E-state index in [1.807, 2.05) is 4.68 Å². The summed E-state index contributed by atoms with van der Waals surface area (Å²) in [5, 5.41) is 4.36. The molecule has 0 aliphatic heterocycles. The molecule has 114 valence electrons. The van der Waals surface area contributed by atoms with Gasteiger partial charge in [0.1, 0.15) is 12.2 Å². The van der Waals surface area contributed by atoms with E-state index >= 15 is 0 Å². The Labute approximate surface area is 123 Å². The second kappa shape index (κ2) is 6.70. The first-order valence-electron chi connectivity index (χ1n) is 8.18. The molecule has 2 atom stereocenters. The molecule has 0 radical (unpaired) electrons. The van der Waals surface area contributed by atoms with Gasteiger partial charge in [-0.15, -0.1) is 0 Å². The predicted octanol–water partition coefficient (Wildman–Crippen LogP) is 3.16. The van der Waals surface area contributed by atoms with Gasteiger partial charge in [0, 0.05) is 18.5 Å². The average Bonchev–Trinajstić information content (AvgIpc) is 2.70. The minimum Gasteiger partial charge on any atom is -0.325 e. The van der Waals surface area contributed by atoms with Gasteiger partial charge < -0.3 is 5.73 Å². The van der Waals surface area contributed by atoms with Crippen LogP contribution < -0.4 is 5.73 Å². The van der Waals surface area contributed by atoms with E-state index in [0.717, 1.165) is 37.5 Å². The number of hydrogen-bond acceptors (Lipinski definition) is 3. The van der Waals surface area contributed by atoms with E-state index in [9.17, 15) is 0 Å². The van der Waals surface area contributed by atoms with E-state index in [0.29, 0.717) is 5.92 Å². The van der Waals surface area contributed by atoms with Crippen LogP contribution in [0.1, 0.15) is 65.1 Å². The maximum absolute atomic E-state index is 6.69. The second-order valence-electron chi connectivity index (χ2n) is 7.00. The van der Waals surface area contributed by atoms with Crippen molar-refractivity contribution in [1.29, 1.82) is 0 Å². The third-order valence-corrected chi connectivity index (χ3v) is 4.66. The van der Waals surface area contributed by atoms with E-state index in [1.54, 1.807) is 6.33 Å². The molecular weight excluding hydrogens is 248 g/mol. The van der Waals surface area contributed by atoms with Crippen molar-refractivity contribution in [3.63, 3.8) is 0 Å². The highest BCUT2D eigenvalue weighted by molar-refractivity contribution is 4.99. The Balaban J connectivity index is 2.02. The lowest BCUT2D eigenvalue weighted by molar-refractivity contribution is 0.340. The first-order valence-corrected chi connectivity index (χ1v) is 8.18. The van der Waals surface area contributed by atoms with Crippen molar-refractivity contribution in [3.8, 4) is 0 Å². The Bertz CT molecular complexity index is 412. The van der Waals surface area contributed by atoms with E-state index in [2.05, 4.69) is 30.9 Å². The fraction of sp³-hybridized carbons (Fsp3) is 0.875. The van der Waals surface area contributed by atoms with Crippen molar-refractivity contribution in [3.05, 3.63) is 12.2 Å². The molecule has 20 heavy (non-hydrogen) atoms. The van der Waals surface area contributed by atoms with Crippen molar-refractivity contribution < 1.29 is 0 Å². The van der Waals surface area contributed by atoms with Crippen molar-refractivity contribution >= 4 is 0 Å². The van der Waals surface area contributed by atoms with Crippen LogP contribution in [0.25, 0.3) is 0 Å². The average molecular weight is 278 g/mol. The van der Waals surface area contributed by atoms with E-state index < -0.39 is 0 Å². The summed E-state index contributed by atoms with van der Waals surface area (Å²) >= 11 is 0. The summed E-state index contributed by atoms with van der Waals surface area (Å²) in [6.07, 6.45) is 9.95. The molecule has 1 saturated carbocycles. The molecule has 0 spiro atoms. The van der Waals surface area contributed by atoms with Crippen molar-refractivity contribution in [2.45, 2.75) is 77.8 Å². The van der Waals surface area contributed by atoms with Crippen LogP contribution in [0.5, 0.6) is 0 Å². The number of nitrogens with two attached hydrogens (primary N) is 1. The Morgan fingerprint density at radius 1 is 1.40 bits per heavy atom. The molecule has 1 aliphatic rings. The zero-order valence-corrected chi connectivity index (χ0v) is 13.3. The molecule has 2 unspecified atom stereocenters. The van der Waals surface area contributed by atoms with Crippen molar-refractivity contribution in [2.24, 2.45) is 17.6 Å². The first-order chi connectivity index (χ1) is 9.52. The molecule has 4 heteroatoms. The largest absolute Gasteiger partial charge is 0.325 e. The Hall–Kier alpha value is -0.900. The molecule has 4 nitrogen and oxygen atoms in total. The van der Waals surface area contributed by atoms with E-state index in [-0.39, 0.29) is 5.54 Å². The molecule has 0 amide bonds. The lowest BCUT2D eigenvalue weighted by Gasteiger charge is -2.28. The van der Waals surface area contributed by atoms with Crippen LogP contribution >= 0.6 is 0 Å². The highest BCUT2D eigenvalue weighted by Gasteiger charge is 2.30. The van der Waals surface area contributed by atoms with Gasteiger partial charge in [-0.2, -0.15) is 5.10 Å². The molecule has 0 saturated heterocycles. The summed E-state index contributed by atoms with van der Waals surface area (Å²) in [6.45, 7) is 7.65. The quantitative estimate of drug-likeness (QED) is 0.842. The van der Waals surface area contributed by atoms with Gasteiger partial charge in [-0.25, -0.2) is 9.67 Å². The summed E-state index contributed by atoms with van der Waals surface area (Å²) in [5.74, 6) is 2.52. The van der Waals surface area contributed by atoms with Gasteiger partial charge >= 0.3 is 0 Å². The van der Waals surface area contributed by atoms with Gasteiger partial charge in [0.25, 0.3) is 0 Å². The van der Waals surface area contributed by atoms with Crippen LogP contribution in [0, 0.1) is 11.8 Å². The third-order valence-electron chi connectivity index (χ3n) is 4.66. The highest BCUT2D eigenvalue weighted by Crippen LogP contribution is 2.32. The normalized spacial score (nSPS) is 27.8. The Morgan fingerprint density at radius 2 is 2.20 bits per heavy atom. The van der Waals surface area contributed by atoms with Crippen LogP contribution in [0.3, 0.4) is 0 Å². The molecule has 1 aromatic rings. The van der Waals surface area contributed by atoms with E-state index in [4.69, 9.17) is 5.73 Å². The molecule has 2 rings (SSSR count). The van der Waals surface area contributed by atoms with Crippen molar-refractivity contribution in [1.82, 2.24) is 14.8 Å². The van der Waals surface area contributed by atoms with Gasteiger partial charge in [-0.05, 0) is 31.1 Å². The maximum atomic E-state index is 6.69. The first kappa shape index (κ1) is 15.5. The molecule has 0 aromatic carbocycles. The number of nitrogens with zero attached hydrogens (tertiary/aromatic N) is 3. The Kier molecular flexibility index (Phi) is 5.19. The molecule has 0 bridgehead atoms. The molecule has 1 heterocycles. The lowest BCUT2D eigenvalue weighted by atomic mass is 9.87. The number of rotatable bonds is 5. The summed E-state index contributed by atoms with van der Waals surface area (Å²) in [7, 11) is 0. The van der Waals surface area contributed by atoms with Crippen molar-refractivity contribution in [2.75, 3.05) is 0 Å². The Morgan fingerprint density at radius 3 is 2.90 bits per heavy atom. The van der Waals surface area contributed by atoms with Crippen LogP contribution in [-0.4, -0.2) is 20.3 Å². The monoisotopic (exact) mass is 278 g/mol. The predicted molar refractivity (Wildman–Crippen MR) is 82.3 cm³/mol. The van der Waals surface area contributed by atoms with E-state index in [1.165, 1.54) is 25.7 Å². The van der Waals surface area contributed by atoms with Crippen LogP contribution in [0.2, 0.25) is 0 Å². The topological polar surface area (TPSA) is 56.7 Å². The number of hydrogen-bond donors (Lipinski definition) is 1. The minimum absolute atomic E-state index is 0.0777. The summed E-state index contributed by atoms with van der Waals surface area (Å²) < 4.78 is 2.04. The zero-order chi connectivity index (χ0) is 14.6. The fourth-order valence-electron chi connectivity index (χ4n) is 3.33. The standard InChI is InChI=1S/C16H30N4/c1-4-14-6-5-8-16(17,9-7-14)10-15-18-12-19-20(15)11-13(2)3/h12-14H,4-11,17H2,1-3H3. The van der Waals surface area contributed by atoms with Crippen LogP contribution in [-0.2, 0) is 13.0 Å². The molecule has 1 fully saturated rings. The zero-order valence-electron chi connectivity index (χ0n) is 13.3. The van der Waals surface area contributed by atoms with Crippen LogP contribution in [0.4, 0.5) is 0 Å². The molecular formula is C16H30N4. The minimum atomic E-state index is -0.0777. The van der Waals surface area contributed by atoms with Gasteiger partial charge in [-0.1, -0.05) is 40.0 Å². The smallest absolute Gasteiger partial charge is 0.138 e. The summed E-state index contributed by atoms with van der Waals surface area (Å²) in [5.41, 5.74) is 6.61. The van der Waals surface area contributed by atoms with Gasteiger partial charge in [0.2, 0.25) is 0 Å². The maximum Gasteiger partial charge on any atom is 0.138 e. The van der Waals surface area contributed by atoms with Gasteiger partial charge in [0.15, 0.2) is 0 Å². The summed E-state index contributed by atoms with van der Waals surface area (Å²) in [4.78, 5) is 4.45.